The zero-order valence-corrected chi connectivity index (χ0v) is 55.3. The molecule has 0 spiro atoms. The van der Waals surface area contributed by atoms with Gasteiger partial charge in [-0.2, -0.15) is 0 Å². The van der Waals surface area contributed by atoms with Crippen LogP contribution in [0.1, 0.15) is 148 Å². The largest absolute Gasteiger partial charge is 0.508 e. The Kier molecular flexibility index (Phi) is 33.0. The third-order valence-electron chi connectivity index (χ3n) is 16.5. The molecule has 2 saturated heterocycles. The molecule has 33 nitrogen and oxygen atoms in total. The first-order valence-electron chi connectivity index (χ1n) is 32.6. The molecule has 0 aliphatic carbocycles. The van der Waals surface area contributed by atoms with E-state index in [2.05, 4.69) is 53.2 Å². The van der Waals surface area contributed by atoms with Crippen LogP contribution in [0.4, 0.5) is 0 Å². The molecule has 0 saturated carbocycles. The van der Waals surface area contributed by atoms with Gasteiger partial charge in [-0.25, -0.2) is 4.79 Å². The van der Waals surface area contributed by atoms with Crippen LogP contribution in [0.25, 0.3) is 0 Å². The highest BCUT2D eigenvalue weighted by molar-refractivity contribution is 6.00. The molecule has 2 heterocycles. The fraction of sp³-hybridized carbons (Fsp3) is 0.569. The van der Waals surface area contributed by atoms with E-state index in [1.54, 1.807) is 58.0 Å². The number of primary amides is 1. The number of benzene rings is 2. The lowest BCUT2D eigenvalue weighted by molar-refractivity contribution is -0.144. The van der Waals surface area contributed by atoms with Gasteiger partial charge in [0.1, 0.15) is 66.2 Å². The number of fused-ring (bicyclic) bond motifs is 1. The van der Waals surface area contributed by atoms with Crippen LogP contribution in [-0.2, 0) is 89.6 Å². The second kappa shape index (κ2) is 40.3. The molecule has 2 aromatic rings. The predicted octanol–water partition coefficient (Wildman–Crippen LogP) is -1.35. The molecule has 17 N–H and O–H groups in total. The number of aromatic hydroxyl groups is 1. The molecule has 33 heteroatoms. The normalized spacial score (nSPS) is 19.2. The second-order valence-corrected chi connectivity index (χ2v) is 24.8. The Morgan fingerprint density at radius 2 is 1.11 bits per heavy atom. The molecule has 98 heavy (non-hydrogen) atoms. The van der Waals surface area contributed by atoms with Gasteiger partial charge in [-0.15, -0.1) is 0 Å². The molecule has 2 aliphatic heterocycles. The van der Waals surface area contributed by atoms with Crippen LogP contribution in [0.15, 0.2) is 54.6 Å². The topological polar surface area (TPSA) is 524 Å². The molecule has 2 fully saturated rings. The van der Waals surface area contributed by atoms with Crippen LogP contribution in [0.3, 0.4) is 0 Å². The molecular formula is C65H92N12O21. The lowest BCUT2D eigenvalue weighted by Gasteiger charge is -2.33. The van der Waals surface area contributed by atoms with E-state index in [4.69, 9.17) is 10.8 Å². The van der Waals surface area contributed by atoms with Crippen molar-refractivity contribution < 1.29 is 102 Å². The number of phenolic OH excluding ortho intramolecular Hbond substituents is 1. The number of hydrogen-bond acceptors (Lipinski definition) is 17. The number of nitrogens with two attached hydrogens (primary N) is 1. The predicted molar refractivity (Wildman–Crippen MR) is 346 cm³/mol. The number of carbonyl (C=O) groups excluding carboxylic acids is 12. The van der Waals surface area contributed by atoms with E-state index in [1.165, 1.54) is 29.2 Å². The average Bonchev–Trinajstić information content (AvgIpc) is 1.57. The van der Waals surface area contributed by atoms with Gasteiger partial charge in [0.05, 0.1) is 6.42 Å². The van der Waals surface area contributed by atoms with Gasteiger partial charge in [0.25, 0.3) is 0 Å². The third-order valence-corrected chi connectivity index (χ3v) is 16.5. The van der Waals surface area contributed by atoms with Crippen LogP contribution in [-0.4, -0.2) is 199 Å². The lowest BCUT2D eigenvalue weighted by atomic mass is 9.96. The van der Waals surface area contributed by atoms with E-state index >= 15 is 0 Å². The number of nitrogens with zero attached hydrogens (tertiary/aromatic N) is 1. The quantitative estimate of drug-likeness (QED) is 0.0385. The van der Waals surface area contributed by atoms with Crippen molar-refractivity contribution in [1.82, 2.24) is 58.1 Å². The van der Waals surface area contributed by atoms with Crippen molar-refractivity contribution >= 4 is 94.8 Å². The average molecular weight is 1380 g/mol. The maximum Gasteiger partial charge on any atom is 0.326 e. The number of hydrogen-bond donors (Lipinski definition) is 16. The van der Waals surface area contributed by atoms with Crippen molar-refractivity contribution in [3.63, 3.8) is 0 Å². The van der Waals surface area contributed by atoms with Crippen molar-refractivity contribution in [2.45, 2.75) is 210 Å². The molecule has 538 valence electrons. The van der Waals surface area contributed by atoms with E-state index in [0.717, 1.165) is 0 Å². The van der Waals surface area contributed by atoms with Crippen LogP contribution in [0, 0.1) is 11.8 Å². The van der Waals surface area contributed by atoms with Crippen molar-refractivity contribution in [2.75, 3.05) is 13.1 Å². The maximum atomic E-state index is 14.8. The number of carboxylic acid groups (broad SMARTS) is 4. The third kappa shape index (κ3) is 27.8. The monoisotopic (exact) mass is 1380 g/mol. The second-order valence-electron chi connectivity index (χ2n) is 24.8. The smallest absolute Gasteiger partial charge is 0.326 e. The van der Waals surface area contributed by atoms with Crippen molar-refractivity contribution in [3.8, 4) is 5.75 Å². The Morgan fingerprint density at radius 3 is 1.69 bits per heavy atom. The summed E-state index contributed by atoms with van der Waals surface area (Å²) in [7, 11) is 0. The number of carboxylic acids is 4. The summed E-state index contributed by atoms with van der Waals surface area (Å²) in [6.07, 6.45) is -5.17. The summed E-state index contributed by atoms with van der Waals surface area (Å²) in [5, 5.41) is 73.9. The van der Waals surface area contributed by atoms with Crippen LogP contribution in [0.5, 0.6) is 5.75 Å². The van der Waals surface area contributed by atoms with E-state index in [-0.39, 0.29) is 89.0 Å². The minimum Gasteiger partial charge on any atom is -0.508 e. The highest BCUT2D eigenvalue weighted by Gasteiger charge is 2.42. The SMILES string of the molecule is CCC(C)C1NC(=O)C(NC(=O)C(CCC(=O)O)NC(=O)C(Cc2ccccc2)NC(=O)CCC(=O)O)CCC(=O)NCCCCC(C(=O)NC(CCC(=O)O)C(=O)NC(Cc2ccc(O)cc2)C(=O)NC(CC(C)C)C(=O)NC(CCC(N)=O)C(=O)O)NC(=O)C2CCCN2C1=O. The Balaban J connectivity index is 1.64. The minimum atomic E-state index is -1.74. The van der Waals surface area contributed by atoms with Gasteiger partial charge in [-0.3, -0.25) is 71.9 Å². The van der Waals surface area contributed by atoms with Crippen LogP contribution >= 0.6 is 0 Å². The van der Waals surface area contributed by atoms with E-state index in [9.17, 15) is 97.1 Å². The summed E-state index contributed by atoms with van der Waals surface area (Å²) in [6.45, 7) is 6.67. The summed E-state index contributed by atoms with van der Waals surface area (Å²) in [4.78, 5) is 216. The molecule has 12 amide bonds. The van der Waals surface area contributed by atoms with Crippen molar-refractivity contribution in [2.24, 2.45) is 17.6 Å². The van der Waals surface area contributed by atoms with E-state index < -0.39 is 219 Å². The van der Waals surface area contributed by atoms with Gasteiger partial charge in [-0.1, -0.05) is 76.6 Å². The highest BCUT2D eigenvalue weighted by atomic mass is 16.4. The number of rotatable bonds is 34. The standard InChI is InChI=1S/C65H92N12O21/c1-5-36(4)55-64(96)77-31-11-15-48(77)63(95)72-40(56(88)70-43(23-28-53(84)85)58(90)75-47(34-38-16-18-39(78)19-17-38)62(94)74-45(32-35(2)3)60(92)73-44(65(97)98)20-24-49(66)79)14-9-10-30-67-50(80)25-21-41(59(91)76-55)69-57(89)42(22-27-52(82)83)71-61(93)46(33-37-12-7-6-8-13-37)68-51(81)26-29-54(86)87/h6-8,12-13,16-19,35-36,40-48,55,78H,5,9-11,14-15,20-34H2,1-4H3,(H2,66,79)(H,67,80)(H,68,81)(H,69,89)(H,70,88)(H,71,93)(H,72,95)(H,73,92)(H,74,94)(H,75,90)(H,76,91)(H,82,83)(H,84,85)(H,86,87)(H,97,98). The van der Waals surface area contributed by atoms with Gasteiger partial charge in [-0.05, 0) is 99.3 Å². The molecule has 2 aliphatic rings. The maximum absolute atomic E-state index is 14.8. The summed E-state index contributed by atoms with van der Waals surface area (Å²) in [6, 6.07) is -1.52. The first kappa shape index (κ1) is 80.2. The Morgan fingerprint density at radius 1 is 0.571 bits per heavy atom. The molecule has 0 radical (unpaired) electrons. The van der Waals surface area contributed by atoms with Crippen molar-refractivity contribution in [1.29, 1.82) is 0 Å². The van der Waals surface area contributed by atoms with Gasteiger partial charge in [0.2, 0.25) is 70.9 Å². The van der Waals surface area contributed by atoms with Crippen LogP contribution < -0.4 is 58.9 Å². The van der Waals surface area contributed by atoms with E-state index in [1.807, 2.05) is 0 Å². The fourth-order valence-electron chi connectivity index (χ4n) is 10.9. The zero-order valence-electron chi connectivity index (χ0n) is 55.3. The molecule has 0 bridgehead atoms. The van der Waals surface area contributed by atoms with Gasteiger partial charge in [0, 0.05) is 58.0 Å². The number of carbonyl (C=O) groups is 16. The molecule has 2 aromatic carbocycles. The first-order chi connectivity index (χ1) is 46.3. The Bertz CT molecular complexity index is 3170. The molecule has 4 rings (SSSR count). The summed E-state index contributed by atoms with van der Waals surface area (Å²) < 4.78 is 0. The Hall–Kier alpha value is -10.2. The zero-order chi connectivity index (χ0) is 72.8. The lowest BCUT2D eigenvalue weighted by Crippen LogP contribution is -2.61. The van der Waals surface area contributed by atoms with Crippen molar-refractivity contribution in [3.05, 3.63) is 65.7 Å². The molecule has 11 atom stereocenters. The number of nitrogens with one attached hydrogen (secondary N) is 10. The summed E-state index contributed by atoms with van der Waals surface area (Å²) in [5.41, 5.74) is 6.11. The van der Waals surface area contributed by atoms with Gasteiger partial charge >= 0.3 is 23.9 Å². The highest BCUT2D eigenvalue weighted by Crippen LogP contribution is 2.23. The number of amides is 12. The van der Waals surface area contributed by atoms with E-state index in [0.29, 0.717) is 11.1 Å². The fourth-order valence-corrected chi connectivity index (χ4v) is 10.9. The minimum absolute atomic E-state index is 0.0216. The summed E-state index contributed by atoms with van der Waals surface area (Å²) in [5.74, 6) is -17.7. The summed E-state index contributed by atoms with van der Waals surface area (Å²) >= 11 is 0. The number of aliphatic carboxylic acids is 4. The molecule has 11 unspecified atom stereocenters. The van der Waals surface area contributed by atoms with Gasteiger partial charge < -0.3 is 89.3 Å². The molecular weight excluding hydrogens is 1280 g/mol. The van der Waals surface area contributed by atoms with Gasteiger partial charge in [0.15, 0.2) is 0 Å². The number of phenols is 1. The van der Waals surface area contributed by atoms with Crippen LogP contribution in [0.2, 0.25) is 0 Å². The molecule has 0 aromatic heterocycles. The Labute approximate surface area is 565 Å². The first-order valence-corrected chi connectivity index (χ1v) is 32.6.